The monoisotopic (exact) mass is 301 g/mol. The molecule has 6 heteroatoms. The van der Waals surface area contributed by atoms with Crippen molar-refractivity contribution in [3.8, 4) is 0 Å². The van der Waals surface area contributed by atoms with Crippen molar-refractivity contribution in [1.82, 2.24) is 0 Å². The van der Waals surface area contributed by atoms with Crippen LogP contribution < -0.4 is 5.32 Å². The van der Waals surface area contributed by atoms with Crippen LogP contribution >= 0.6 is 34.5 Å². The maximum Gasteiger partial charge on any atom is 0.348 e. The molecule has 0 atom stereocenters. The molecular formula is C12H9Cl2NO2S. The van der Waals surface area contributed by atoms with E-state index in [1.165, 1.54) is 0 Å². The van der Waals surface area contributed by atoms with E-state index < -0.39 is 5.97 Å². The number of hydrogen-bond acceptors (Lipinski definition) is 3. The molecule has 18 heavy (non-hydrogen) atoms. The van der Waals surface area contributed by atoms with Gasteiger partial charge in [-0.05, 0) is 36.1 Å². The zero-order chi connectivity index (χ0) is 13.3. The molecule has 0 spiro atoms. The van der Waals surface area contributed by atoms with Gasteiger partial charge in [-0.3, -0.25) is 0 Å². The Bertz CT molecular complexity index is 610. The molecule has 0 fully saturated rings. The van der Waals surface area contributed by atoms with Crippen molar-refractivity contribution in [2.45, 2.75) is 6.92 Å². The van der Waals surface area contributed by atoms with E-state index in [-0.39, 0.29) is 4.88 Å². The van der Waals surface area contributed by atoms with Gasteiger partial charge in [0.1, 0.15) is 4.88 Å². The van der Waals surface area contributed by atoms with Crippen LogP contribution in [0.15, 0.2) is 23.6 Å². The van der Waals surface area contributed by atoms with Crippen LogP contribution in [0.1, 0.15) is 15.2 Å². The van der Waals surface area contributed by atoms with Crippen molar-refractivity contribution in [2.75, 3.05) is 5.32 Å². The van der Waals surface area contributed by atoms with Crippen molar-refractivity contribution < 1.29 is 9.90 Å². The lowest BCUT2D eigenvalue weighted by atomic mass is 10.2. The van der Waals surface area contributed by atoms with Crippen LogP contribution in [-0.2, 0) is 0 Å². The molecule has 1 aromatic carbocycles. The Kier molecular flexibility index (Phi) is 3.80. The van der Waals surface area contributed by atoms with Gasteiger partial charge in [0.25, 0.3) is 0 Å². The number of benzene rings is 1. The lowest BCUT2D eigenvalue weighted by Crippen LogP contribution is -1.99. The van der Waals surface area contributed by atoms with Crippen LogP contribution in [0.4, 0.5) is 11.4 Å². The van der Waals surface area contributed by atoms with Crippen molar-refractivity contribution in [1.29, 1.82) is 0 Å². The molecule has 2 rings (SSSR count). The maximum absolute atomic E-state index is 11.0. The number of halogens is 2. The molecule has 0 aliphatic carbocycles. The second-order valence-electron chi connectivity index (χ2n) is 3.67. The Morgan fingerprint density at radius 2 is 2.00 bits per heavy atom. The van der Waals surface area contributed by atoms with Crippen molar-refractivity contribution >= 4 is 51.9 Å². The van der Waals surface area contributed by atoms with Gasteiger partial charge in [-0.25, -0.2) is 4.79 Å². The molecule has 0 saturated carbocycles. The van der Waals surface area contributed by atoms with Gasteiger partial charge in [-0.1, -0.05) is 23.2 Å². The standard InChI is InChI=1S/C12H9Cl2NO2S/c1-6-4-10(8(14)5-7(6)13)15-9-2-3-18-11(9)12(16)17/h2-5,15H,1H3,(H,16,17). The van der Waals surface area contributed by atoms with Crippen molar-refractivity contribution in [3.05, 3.63) is 44.1 Å². The zero-order valence-corrected chi connectivity index (χ0v) is 11.7. The summed E-state index contributed by atoms with van der Waals surface area (Å²) in [4.78, 5) is 11.2. The molecule has 0 aliphatic heterocycles. The largest absolute Gasteiger partial charge is 0.477 e. The fourth-order valence-electron chi connectivity index (χ4n) is 1.47. The first kappa shape index (κ1) is 13.2. The number of thiophene rings is 1. The van der Waals surface area contributed by atoms with Gasteiger partial charge in [0.2, 0.25) is 0 Å². The van der Waals surface area contributed by atoms with Crippen molar-refractivity contribution in [2.24, 2.45) is 0 Å². The quantitative estimate of drug-likeness (QED) is 0.855. The summed E-state index contributed by atoms with van der Waals surface area (Å²) >= 11 is 13.2. The molecule has 0 unspecified atom stereocenters. The molecule has 1 aromatic heterocycles. The highest BCUT2D eigenvalue weighted by Crippen LogP contribution is 2.33. The van der Waals surface area contributed by atoms with E-state index in [0.29, 0.717) is 21.4 Å². The third-order valence-electron chi connectivity index (χ3n) is 2.38. The predicted octanol–water partition coefficient (Wildman–Crippen LogP) is 4.81. The molecule has 2 aromatic rings. The van der Waals surface area contributed by atoms with Gasteiger partial charge in [0.05, 0.1) is 16.4 Å². The Morgan fingerprint density at radius 1 is 1.28 bits per heavy atom. The average molecular weight is 302 g/mol. The van der Waals surface area contributed by atoms with Gasteiger partial charge in [0.15, 0.2) is 0 Å². The summed E-state index contributed by atoms with van der Waals surface area (Å²) in [6.07, 6.45) is 0. The number of hydrogen-bond donors (Lipinski definition) is 2. The van der Waals surface area contributed by atoms with Gasteiger partial charge >= 0.3 is 5.97 Å². The van der Waals surface area contributed by atoms with E-state index >= 15 is 0 Å². The van der Waals surface area contributed by atoms with Crippen LogP contribution in [-0.4, -0.2) is 11.1 Å². The van der Waals surface area contributed by atoms with E-state index in [1.807, 2.05) is 6.92 Å². The first-order valence-electron chi connectivity index (χ1n) is 5.02. The number of aryl methyl sites for hydroxylation is 1. The molecule has 0 aliphatic rings. The minimum absolute atomic E-state index is 0.249. The molecule has 0 amide bonds. The Morgan fingerprint density at radius 3 is 2.67 bits per heavy atom. The second-order valence-corrected chi connectivity index (χ2v) is 5.41. The summed E-state index contributed by atoms with van der Waals surface area (Å²) < 4.78 is 0. The molecule has 2 N–H and O–H groups in total. The second kappa shape index (κ2) is 5.18. The normalized spacial score (nSPS) is 10.4. The fourth-order valence-corrected chi connectivity index (χ4v) is 2.59. The van der Waals surface area contributed by atoms with E-state index in [9.17, 15) is 4.79 Å². The van der Waals surface area contributed by atoms with Gasteiger partial charge in [0, 0.05) is 5.02 Å². The molecule has 1 heterocycles. The first-order valence-corrected chi connectivity index (χ1v) is 6.66. The van der Waals surface area contributed by atoms with Crippen molar-refractivity contribution in [3.63, 3.8) is 0 Å². The minimum Gasteiger partial charge on any atom is -0.477 e. The number of carbonyl (C=O) groups is 1. The van der Waals surface area contributed by atoms with Gasteiger partial charge in [-0.2, -0.15) is 0 Å². The first-order chi connectivity index (χ1) is 8.49. The molecule has 3 nitrogen and oxygen atoms in total. The van der Waals surface area contributed by atoms with Crippen LogP contribution in [0.2, 0.25) is 10.0 Å². The summed E-state index contributed by atoms with van der Waals surface area (Å²) in [5.41, 5.74) is 2.03. The van der Waals surface area contributed by atoms with Crippen LogP contribution in [0, 0.1) is 6.92 Å². The zero-order valence-electron chi connectivity index (χ0n) is 9.33. The number of carboxylic acid groups (broad SMARTS) is 1. The summed E-state index contributed by atoms with van der Waals surface area (Å²) in [5.74, 6) is -0.964. The molecule has 0 saturated heterocycles. The topological polar surface area (TPSA) is 49.3 Å². The van der Waals surface area contributed by atoms with E-state index in [1.54, 1.807) is 23.6 Å². The Balaban J connectivity index is 2.37. The lowest BCUT2D eigenvalue weighted by molar-refractivity contribution is 0.0703. The molecule has 0 bridgehead atoms. The summed E-state index contributed by atoms with van der Waals surface area (Å²) in [6, 6.07) is 5.12. The number of anilines is 2. The highest BCUT2D eigenvalue weighted by Gasteiger charge is 2.13. The number of rotatable bonds is 3. The SMILES string of the molecule is Cc1cc(Nc2ccsc2C(=O)O)c(Cl)cc1Cl. The highest BCUT2D eigenvalue weighted by atomic mass is 35.5. The number of aromatic carboxylic acids is 1. The van der Waals surface area contributed by atoms with E-state index in [2.05, 4.69) is 5.32 Å². The molecule has 94 valence electrons. The summed E-state index contributed by atoms with van der Waals surface area (Å²) in [6.45, 7) is 1.86. The predicted molar refractivity (Wildman–Crippen MR) is 75.8 cm³/mol. The minimum atomic E-state index is -0.964. The Labute approximate surface area is 118 Å². The van der Waals surface area contributed by atoms with Crippen LogP contribution in [0.25, 0.3) is 0 Å². The number of nitrogens with one attached hydrogen (secondary N) is 1. The third kappa shape index (κ3) is 2.61. The molecular weight excluding hydrogens is 293 g/mol. The fraction of sp³-hybridized carbons (Fsp3) is 0.0833. The lowest BCUT2D eigenvalue weighted by Gasteiger charge is -2.10. The average Bonchev–Trinajstić information content (AvgIpc) is 2.74. The smallest absolute Gasteiger partial charge is 0.348 e. The highest BCUT2D eigenvalue weighted by molar-refractivity contribution is 7.12. The van der Waals surface area contributed by atoms with E-state index in [0.717, 1.165) is 16.9 Å². The third-order valence-corrected chi connectivity index (χ3v) is 4.00. The number of carboxylic acids is 1. The molecule has 0 radical (unpaired) electrons. The van der Waals surface area contributed by atoms with Gasteiger partial charge in [-0.15, -0.1) is 11.3 Å². The summed E-state index contributed by atoms with van der Waals surface area (Å²) in [5, 5.41) is 14.8. The Hall–Kier alpha value is -1.23. The van der Waals surface area contributed by atoms with Crippen LogP contribution in [0.5, 0.6) is 0 Å². The summed E-state index contributed by atoms with van der Waals surface area (Å²) in [7, 11) is 0. The maximum atomic E-state index is 11.0. The van der Waals surface area contributed by atoms with E-state index in [4.69, 9.17) is 28.3 Å². The van der Waals surface area contributed by atoms with Gasteiger partial charge < -0.3 is 10.4 Å². The van der Waals surface area contributed by atoms with Crippen LogP contribution in [0.3, 0.4) is 0 Å².